The molecule has 0 spiro atoms. The minimum Gasteiger partial charge on any atom is -0.490 e. The van der Waals surface area contributed by atoms with Crippen molar-refractivity contribution in [1.29, 1.82) is 0 Å². The fourth-order valence-electron chi connectivity index (χ4n) is 1.44. The summed E-state index contributed by atoms with van der Waals surface area (Å²) in [6.45, 7) is 5.44. The summed E-state index contributed by atoms with van der Waals surface area (Å²) < 4.78 is 32.1. The Labute approximate surface area is 115 Å². The molecule has 0 aliphatic carbocycles. The summed E-state index contributed by atoms with van der Waals surface area (Å²) in [6.07, 6.45) is 1.74. The van der Waals surface area contributed by atoms with Gasteiger partial charge in [-0.1, -0.05) is 29.8 Å². The topological polar surface area (TPSA) is 21.3 Å². The van der Waals surface area contributed by atoms with E-state index in [4.69, 9.17) is 4.74 Å². The van der Waals surface area contributed by atoms with Gasteiger partial charge in [0.1, 0.15) is 0 Å². The highest BCUT2D eigenvalue weighted by Gasteiger charge is 2.10. The summed E-state index contributed by atoms with van der Waals surface area (Å²) in [5.41, 5.74) is 0. The van der Waals surface area contributed by atoms with Crippen molar-refractivity contribution in [2.45, 2.75) is 32.7 Å². The Morgan fingerprint density at radius 1 is 1.28 bits per heavy atom. The molecule has 0 aliphatic heterocycles. The molecule has 18 heavy (non-hydrogen) atoms. The van der Waals surface area contributed by atoms with Gasteiger partial charge < -0.3 is 10.1 Å². The van der Waals surface area contributed by atoms with Crippen molar-refractivity contribution in [1.82, 2.24) is 5.32 Å². The van der Waals surface area contributed by atoms with Crippen molar-refractivity contribution >= 4 is 15.9 Å². The lowest BCUT2D eigenvalue weighted by atomic mass is 10.3. The number of hydrogen-bond donors (Lipinski definition) is 1. The molecule has 1 rings (SSSR count). The molecule has 1 N–H and O–H groups in total. The standard InChI is InChI=1S/C13H18BrF2NO/c1-9(2)17-5-3-4-6-18-12-8-10(14)7-11(15)13(12)16/h7-9,17H,3-6H2,1-2H3. The second kappa shape index (κ2) is 7.69. The minimum atomic E-state index is -0.932. The first kappa shape index (κ1) is 15.4. The molecular weight excluding hydrogens is 304 g/mol. The number of unbranched alkanes of at least 4 members (excludes halogenated alkanes) is 1. The molecule has 0 bridgehead atoms. The molecule has 0 aromatic heterocycles. The number of benzene rings is 1. The van der Waals surface area contributed by atoms with E-state index in [1.165, 1.54) is 6.07 Å². The molecule has 0 amide bonds. The number of nitrogens with one attached hydrogen (secondary N) is 1. The fourth-order valence-corrected chi connectivity index (χ4v) is 1.85. The van der Waals surface area contributed by atoms with Crippen LogP contribution < -0.4 is 10.1 Å². The molecule has 0 radical (unpaired) electrons. The molecule has 0 saturated heterocycles. The SMILES string of the molecule is CC(C)NCCCCOc1cc(Br)cc(F)c1F. The molecule has 102 valence electrons. The zero-order valence-electron chi connectivity index (χ0n) is 10.6. The van der Waals surface area contributed by atoms with Crippen molar-refractivity contribution < 1.29 is 13.5 Å². The summed E-state index contributed by atoms with van der Waals surface area (Å²) in [5, 5.41) is 3.28. The largest absolute Gasteiger partial charge is 0.490 e. The first-order chi connectivity index (χ1) is 8.50. The van der Waals surface area contributed by atoms with E-state index in [-0.39, 0.29) is 5.75 Å². The smallest absolute Gasteiger partial charge is 0.200 e. The van der Waals surface area contributed by atoms with Gasteiger partial charge in [-0.15, -0.1) is 0 Å². The molecule has 1 aromatic rings. The van der Waals surface area contributed by atoms with E-state index in [9.17, 15) is 8.78 Å². The van der Waals surface area contributed by atoms with Crippen LogP contribution in [0.3, 0.4) is 0 Å². The van der Waals surface area contributed by atoms with Crippen molar-refractivity contribution in [3.63, 3.8) is 0 Å². The van der Waals surface area contributed by atoms with Gasteiger partial charge in [0.05, 0.1) is 6.61 Å². The van der Waals surface area contributed by atoms with Crippen LogP contribution >= 0.6 is 15.9 Å². The third kappa shape index (κ3) is 5.31. The lowest BCUT2D eigenvalue weighted by Crippen LogP contribution is -2.23. The molecule has 1 aromatic carbocycles. The molecular formula is C13H18BrF2NO. The van der Waals surface area contributed by atoms with E-state index in [0.717, 1.165) is 25.5 Å². The van der Waals surface area contributed by atoms with Gasteiger partial charge in [0.25, 0.3) is 0 Å². The quantitative estimate of drug-likeness (QED) is 0.607. The average Bonchev–Trinajstić information content (AvgIpc) is 2.29. The van der Waals surface area contributed by atoms with Crippen LogP contribution in [-0.2, 0) is 0 Å². The monoisotopic (exact) mass is 321 g/mol. The first-order valence-corrected chi connectivity index (χ1v) is 6.80. The summed E-state index contributed by atoms with van der Waals surface area (Å²) in [6, 6.07) is 2.97. The number of rotatable bonds is 7. The highest BCUT2D eigenvalue weighted by Crippen LogP contribution is 2.25. The molecule has 5 heteroatoms. The molecule has 0 saturated carbocycles. The first-order valence-electron chi connectivity index (χ1n) is 6.01. The minimum absolute atomic E-state index is 0.0429. The normalized spacial score (nSPS) is 11.0. The maximum Gasteiger partial charge on any atom is 0.200 e. The van der Waals surface area contributed by atoms with Gasteiger partial charge in [-0.2, -0.15) is 4.39 Å². The Bertz CT molecular complexity index is 385. The van der Waals surface area contributed by atoms with Crippen LogP contribution in [-0.4, -0.2) is 19.2 Å². The van der Waals surface area contributed by atoms with Gasteiger partial charge in [0, 0.05) is 10.5 Å². The molecule has 0 heterocycles. The molecule has 0 unspecified atom stereocenters. The van der Waals surface area contributed by atoms with E-state index in [1.54, 1.807) is 0 Å². The van der Waals surface area contributed by atoms with Crippen molar-refractivity contribution in [3.8, 4) is 5.75 Å². The fraction of sp³-hybridized carbons (Fsp3) is 0.538. The van der Waals surface area contributed by atoms with Crippen LogP contribution in [0.1, 0.15) is 26.7 Å². The van der Waals surface area contributed by atoms with Gasteiger partial charge >= 0.3 is 0 Å². The predicted octanol–water partition coefficient (Wildman–Crippen LogP) is 3.88. The Morgan fingerprint density at radius 2 is 2.00 bits per heavy atom. The van der Waals surface area contributed by atoms with Crippen LogP contribution in [0, 0.1) is 11.6 Å². The second-order valence-electron chi connectivity index (χ2n) is 4.36. The van der Waals surface area contributed by atoms with Gasteiger partial charge in [0.2, 0.25) is 5.82 Å². The maximum absolute atomic E-state index is 13.3. The molecule has 0 atom stereocenters. The Kier molecular flexibility index (Phi) is 6.57. The summed E-state index contributed by atoms with van der Waals surface area (Å²) in [7, 11) is 0. The average molecular weight is 322 g/mol. The van der Waals surface area contributed by atoms with Crippen molar-refractivity contribution in [2.75, 3.05) is 13.2 Å². The van der Waals surface area contributed by atoms with Crippen molar-refractivity contribution in [3.05, 3.63) is 28.2 Å². The number of ether oxygens (including phenoxy) is 1. The highest BCUT2D eigenvalue weighted by atomic mass is 79.9. The van der Waals surface area contributed by atoms with Gasteiger partial charge in [-0.25, -0.2) is 4.39 Å². The third-order valence-electron chi connectivity index (χ3n) is 2.34. The van der Waals surface area contributed by atoms with E-state index in [0.29, 0.717) is 17.1 Å². The van der Waals surface area contributed by atoms with Gasteiger partial charge in [-0.05, 0) is 31.5 Å². The summed E-state index contributed by atoms with van der Waals surface area (Å²) in [4.78, 5) is 0. The molecule has 2 nitrogen and oxygen atoms in total. The predicted molar refractivity (Wildman–Crippen MR) is 71.9 cm³/mol. The van der Waals surface area contributed by atoms with Crippen LogP contribution in [0.4, 0.5) is 8.78 Å². The highest BCUT2D eigenvalue weighted by molar-refractivity contribution is 9.10. The second-order valence-corrected chi connectivity index (χ2v) is 5.28. The zero-order valence-corrected chi connectivity index (χ0v) is 12.2. The van der Waals surface area contributed by atoms with E-state index >= 15 is 0 Å². The van der Waals surface area contributed by atoms with Crippen LogP contribution in [0.15, 0.2) is 16.6 Å². The molecule has 0 aliphatic rings. The van der Waals surface area contributed by atoms with Gasteiger partial charge in [0.15, 0.2) is 11.6 Å². The maximum atomic E-state index is 13.3. The lowest BCUT2D eigenvalue weighted by molar-refractivity contribution is 0.285. The zero-order chi connectivity index (χ0) is 13.5. The third-order valence-corrected chi connectivity index (χ3v) is 2.80. The van der Waals surface area contributed by atoms with Crippen LogP contribution in [0.2, 0.25) is 0 Å². The number of halogens is 3. The van der Waals surface area contributed by atoms with E-state index in [1.807, 2.05) is 0 Å². The lowest BCUT2D eigenvalue weighted by Gasteiger charge is -2.10. The van der Waals surface area contributed by atoms with Gasteiger partial charge in [-0.3, -0.25) is 0 Å². The summed E-state index contributed by atoms with van der Waals surface area (Å²) >= 11 is 3.10. The molecule has 0 fully saturated rings. The van der Waals surface area contributed by atoms with E-state index < -0.39 is 11.6 Å². The van der Waals surface area contributed by atoms with Crippen LogP contribution in [0.5, 0.6) is 5.75 Å². The Balaban J connectivity index is 2.31. The Hall–Kier alpha value is -0.680. The van der Waals surface area contributed by atoms with Crippen molar-refractivity contribution in [2.24, 2.45) is 0 Å². The number of hydrogen-bond acceptors (Lipinski definition) is 2. The van der Waals surface area contributed by atoms with E-state index in [2.05, 4.69) is 35.1 Å². The van der Waals surface area contributed by atoms with Crippen LogP contribution in [0.25, 0.3) is 0 Å². The summed E-state index contributed by atoms with van der Waals surface area (Å²) in [5.74, 6) is -1.88. The Morgan fingerprint density at radius 3 is 2.67 bits per heavy atom.